The Kier molecular flexibility index (Phi) is 6.94. The van der Waals surface area contributed by atoms with Crippen molar-refractivity contribution in [1.82, 2.24) is 15.1 Å². The molecule has 0 atom stereocenters. The van der Waals surface area contributed by atoms with Crippen LogP contribution in [0.25, 0.3) is 0 Å². The van der Waals surface area contributed by atoms with Crippen molar-refractivity contribution < 1.29 is 19.1 Å². The third-order valence-corrected chi connectivity index (χ3v) is 5.63. The molecule has 2 heterocycles. The van der Waals surface area contributed by atoms with Gasteiger partial charge in [0.1, 0.15) is 5.84 Å². The van der Waals surface area contributed by atoms with E-state index in [2.05, 4.69) is 15.5 Å². The molecular weight excluding hydrogens is 424 g/mol. The van der Waals surface area contributed by atoms with E-state index in [0.717, 1.165) is 36.7 Å². The second kappa shape index (κ2) is 10.2. The molecule has 1 fully saturated rings. The van der Waals surface area contributed by atoms with Gasteiger partial charge in [-0.1, -0.05) is 18.2 Å². The van der Waals surface area contributed by atoms with Gasteiger partial charge in [0.25, 0.3) is 0 Å². The first-order valence-electron chi connectivity index (χ1n) is 10.8. The van der Waals surface area contributed by atoms with Gasteiger partial charge in [0.15, 0.2) is 11.5 Å². The number of nitrogens with one attached hydrogen (secondary N) is 3. The number of nitrogen functional groups attached to an aromatic ring is 1. The largest absolute Gasteiger partial charge is 0.454 e. The van der Waals surface area contributed by atoms with Gasteiger partial charge in [-0.05, 0) is 29.8 Å². The lowest BCUT2D eigenvalue weighted by Gasteiger charge is -2.34. The zero-order chi connectivity index (χ0) is 23.2. The number of carbonyl (C=O) groups is 2. The van der Waals surface area contributed by atoms with Gasteiger partial charge in [-0.2, -0.15) is 0 Å². The van der Waals surface area contributed by atoms with Gasteiger partial charge in [-0.3, -0.25) is 19.9 Å². The first-order chi connectivity index (χ1) is 16.0. The van der Waals surface area contributed by atoms with Gasteiger partial charge in [0.05, 0.1) is 13.1 Å². The standard InChI is InChI=1S/C23H28N6O4/c24-23(25)17-2-1-3-18(11-17)26-12-21(30)27-13-22(31)29-8-6-28(7-9-29)14-16-4-5-19-20(10-16)33-15-32-19/h1-5,10-11,26H,6-9,12-15H2,(H3,24,25)(H,27,30). The molecule has 0 aromatic heterocycles. The number of hydrogen-bond acceptors (Lipinski definition) is 7. The molecule has 0 aliphatic carbocycles. The van der Waals surface area contributed by atoms with Crippen molar-refractivity contribution in [2.45, 2.75) is 6.54 Å². The van der Waals surface area contributed by atoms with Crippen LogP contribution in [-0.2, 0) is 16.1 Å². The number of rotatable bonds is 8. The molecule has 174 valence electrons. The average Bonchev–Trinajstić information content (AvgIpc) is 3.30. The Balaban J connectivity index is 1.16. The second-order valence-corrected chi connectivity index (χ2v) is 7.97. The fraction of sp³-hybridized carbons (Fsp3) is 0.348. The number of benzene rings is 2. The van der Waals surface area contributed by atoms with Gasteiger partial charge in [-0.15, -0.1) is 0 Å². The van der Waals surface area contributed by atoms with E-state index in [0.29, 0.717) is 24.3 Å². The van der Waals surface area contributed by atoms with Gasteiger partial charge in [0, 0.05) is 44.0 Å². The summed E-state index contributed by atoms with van der Waals surface area (Å²) >= 11 is 0. The predicted octanol–water partition coefficient (Wildman–Crippen LogP) is 0.572. The molecular formula is C23H28N6O4. The summed E-state index contributed by atoms with van der Waals surface area (Å²) in [6.45, 7) is 3.81. The summed E-state index contributed by atoms with van der Waals surface area (Å²) in [5, 5.41) is 13.1. The van der Waals surface area contributed by atoms with Crippen molar-refractivity contribution >= 4 is 23.3 Å². The normalized spacial score (nSPS) is 15.2. The van der Waals surface area contributed by atoms with Gasteiger partial charge >= 0.3 is 0 Å². The maximum Gasteiger partial charge on any atom is 0.242 e. The molecule has 2 aliphatic heterocycles. The Labute approximate surface area is 192 Å². The molecule has 1 saturated heterocycles. The number of amides is 2. The summed E-state index contributed by atoms with van der Waals surface area (Å²) in [7, 11) is 0. The summed E-state index contributed by atoms with van der Waals surface area (Å²) in [6, 6.07) is 12.9. The van der Waals surface area contributed by atoms with Crippen LogP contribution >= 0.6 is 0 Å². The molecule has 2 aromatic carbocycles. The van der Waals surface area contributed by atoms with Crippen molar-refractivity contribution in [3.63, 3.8) is 0 Å². The molecule has 0 radical (unpaired) electrons. The summed E-state index contributed by atoms with van der Waals surface area (Å²) in [5.41, 5.74) is 7.88. The molecule has 0 bridgehead atoms. The zero-order valence-electron chi connectivity index (χ0n) is 18.3. The number of nitrogens with zero attached hydrogens (tertiary/aromatic N) is 2. The van der Waals surface area contributed by atoms with E-state index in [-0.39, 0.29) is 37.5 Å². The maximum absolute atomic E-state index is 12.5. The third kappa shape index (κ3) is 5.92. The van der Waals surface area contributed by atoms with Crippen molar-refractivity contribution in [3.05, 3.63) is 53.6 Å². The Hall–Kier alpha value is -3.79. The van der Waals surface area contributed by atoms with E-state index >= 15 is 0 Å². The molecule has 0 unspecified atom stereocenters. The summed E-state index contributed by atoms with van der Waals surface area (Å²) in [6.07, 6.45) is 0. The highest BCUT2D eigenvalue weighted by Gasteiger charge is 2.22. The van der Waals surface area contributed by atoms with Crippen LogP contribution in [0.5, 0.6) is 11.5 Å². The number of anilines is 1. The Bertz CT molecular complexity index is 1040. The molecule has 0 spiro atoms. The highest BCUT2D eigenvalue weighted by atomic mass is 16.7. The molecule has 2 aromatic rings. The monoisotopic (exact) mass is 452 g/mol. The summed E-state index contributed by atoms with van der Waals surface area (Å²) < 4.78 is 10.8. The van der Waals surface area contributed by atoms with Crippen LogP contribution in [0.3, 0.4) is 0 Å². The molecule has 4 rings (SSSR count). The van der Waals surface area contributed by atoms with Crippen LogP contribution in [0.2, 0.25) is 0 Å². The number of piperazine rings is 1. The minimum atomic E-state index is -0.280. The van der Waals surface area contributed by atoms with E-state index in [4.69, 9.17) is 20.6 Å². The number of ether oxygens (including phenoxy) is 2. The van der Waals surface area contributed by atoms with E-state index in [1.807, 2.05) is 18.2 Å². The molecule has 2 amide bonds. The van der Waals surface area contributed by atoms with Gasteiger partial charge in [-0.25, -0.2) is 0 Å². The van der Waals surface area contributed by atoms with Gasteiger partial charge in [0.2, 0.25) is 18.6 Å². The molecule has 0 saturated carbocycles. The number of carbonyl (C=O) groups excluding carboxylic acids is 2. The topological polar surface area (TPSA) is 133 Å². The lowest BCUT2D eigenvalue weighted by Crippen LogP contribution is -2.51. The molecule has 2 aliphatic rings. The minimum absolute atomic E-state index is 0.0257. The Morgan fingerprint density at radius 1 is 1.00 bits per heavy atom. The van der Waals surface area contributed by atoms with Crippen LogP contribution in [0.4, 0.5) is 5.69 Å². The van der Waals surface area contributed by atoms with E-state index in [1.54, 1.807) is 29.2 Å². The molecule has 33 heavy (non-hydrogen) atoms. The first kappa shape index (κ1) is 22.4. The van der Waals surface area contributed by atoms with Crippen molar-refractivity contribution in [2.24, 2.45) is 5.73 Å². The van der Waals surface area contributed by atoms with Crippen LogP contribution in [0, 0.1) is 5.41 Å². The molecule has 10 heteroatoms. The third-order valence-electron chi connectivity index (χ3n) is 5.63. The van der Waals surface area contributed by atoms with Crippen LogP contribution in [0.15, 0.2) is 42.5 Å². The van der Waals surface area contributed by atoms with Crippen molar-refractivity contribution in [3.8, 4) is 11.5 Å². The quantitative estimate of drug-likeness (QED) is 0.340. The number of nitrogens with two attached hydrogens (primary N) is 1. The fourth-order valence-corrected chi connectivity index (χ4v) is 3.78. The average molecular weight is 453 g/mol. The van der Waals surface area contributed by atoms with E-state index < -0.39 is 0 Å². The number of amidine groups is 1. The smallest absolute Gasteiger partial charge is 0.242 e. The highest BCUT2D eigenvalue weighted by molar-refractivity contribution is 5.96. The van der Waals surface area contributed by atoms with Crippen molar-refractivity contribution in [2.75, 3.05) is 51.4 Å². The lowest BCUT2D eigenvalue weighted by atomic mass is 10.1. The Morgan fingerprint density at radius 2 is 1.79 bits per heavy atom. The van der Waals surface area contributed by atoms with Crippen LogP contribution in [0.1, 0.15) is 11.1 Å². The number of fused-ring (bicyclic) bond motifs is 1. The molecule has 10 nitrogen and oxygen atoms in total. The highest BCUT2D eigenvalue weighted by Crippen LogP contribution is 2.32. The number of hydrogen-bond donors (Lipinski definition) is 4. The maximum atomic E-state index is 12.5. The second-order valence-electron chi connectivity index (χ2n) is 7.97. The van der Waals surface area contributed by atoms with E-state index in [9.17, 15) is 9.59 Å². The zero-order valence-corrected chi connectivity index (χ0v) is 18.3. The van der Waals surface area contributed by atoms with Gasteiger partial charge < -0.3 is 30.7 Å². The van der Waals surface area contributed by atoms with Crippen LogP contribution < -0.4 is 25.8 Å². The first-order valence-corrected chi connectivity index (χ1v) is 10.8. The predicted molar refractivity (Wildman–Crippen MR) is 123 cm³/mol. The minimum Gasteiger partial charge on any atom is -0.454 e. The summed E-state index contributed by atoms with van der Waals surface area (Å²) in [5.74, 6) is 1.14. The van der Waals surface area contributed by atoms with Crippen molar-refractivity contribution in [1.29, 1.82) is 5.41 Å². The molecule has 5 N–H and O–H groups in total. The summed E-state index contributed by atoms with van der Waals surface area (Å²) in [4.78, 5) is 28.7. The fourth-order valence-electron chi connectivity index (χ4n) is 3.78. The lowest BCUT2D eigenvalue weighted by molar-refractivity contribution is -0.134. The Morgan fingerprint density at radius 3 is 2.58 bits per heavy atom. The SMILES string of the molecule is N=C(N)c1cccc(NCC(=O)NCC(=O)N2CCN(Cc3ccc4c(c3)OCO4)CC2)c1. The van der Waals surface area contributed by atoms with Crippen LogP contribution in [-0.4, -0.2) is 73.5 Å². The van der Waals surface area contributed by atoms with E-state index in [1.165, 1.54) is 0 Å².